The predicted molar refractivity (Wildman–Crippen MR) is 101 cm³/mol. The Morgan fingerprint density at radius 2 is 2.00 bits per heavy atom. The molecule has 0 aliphatic rings. The van der Waals surface area contributed by atoms with E-state index in [1.54, 1.807) is 23.0 Å². The fraction of sp³-hybridized carbons (Fsp3) is 0.167. The average molecular weight is 371 g/mol. The van der Waals surface area contributed by atoms with Crippen LogP contribution in [-0.2, 0) is 0 Å². The molecule has 2 heterocycles. The molecule has 0 unspecified atom stereocenters. The van der Waals surface area contributed by atoms with Crippen molar-refractivity contribution in [1.82, 2.24) is 9.66 Å². The zero-order chi connectivity index (χ0) is 17.8. The number of thioether (sulfide) groups is 1. The van der Waals surface area contributed by atoms with Gasteiger partial charge in [0.05, 0.1) is 5.75 Å². The normalized spacial score (nSPS) is 10.6. The van der Waals surface area contributed by atoms with E-state index in [4.69, 9.17) is 0 Å². The number of carbonyl (C=O) groups excluding carboxylic acids is 2. The van der Waals surface area contributed by atoms with Crippen molar-refractivity contribution in [3.8, 4) is 0 Å². The van der Waals surface area contributed by atoms with Crippen molar-refractivity contribution in [2.24, 2.45) is 0 Å². The molecule has 3 aromatic rings. The highest BCUT2D eigenvalue weighted by Gasteiger charge is 2.18. The number of hydrogen-bond donors (Lipinski definition) is 1. The molecule has 1 amide bonds. The first-order valence-corrected chi connectivity index (χ1v) is 9.53. The molecule has 2 aromatic heterocycles. The van der Waals surface area contributed by atoms with Crippen molar-refractivity contribution in [2.75, 3.05) is 11.2 Å². The van der Waals surface area contributed by atoms with Gasteiger partial charge in [0, 0.05) is 34.1 Å². The Labute approximate surface area is 154 Å². The first-order chi connectivity index (χ1) is 12.1. The standard InChI is InChI=1S/C18H17N3O2S2/c1-12-10-15(16(22)11-25-18-19-8-9-24-18)13(2)21(12)20-17(23)14-6-4-3-5-7-14/h3-10H,11H2,1-2H3,(H,20,23). The number of Topliss-reactive ketones (excluding diaryl/α,β-unsaturated/α-hetero) is 1. The molecule has 5 nitrogen and oxygen atoms in total. The number of nitrogens with zero attached hydrogens (tertiary/aromatic N) is 2. The molecule has 128 valence electrons. The van der Waals surface area contributed by atoms with Crippen molar-refractivity contribution in [2.45, 2.75) is 18.2 Å². The molecule has 0 fully saturated rings. The van der Waals surface area contributed by atoms with Crippen molar-refractivity contribution in [3.05, 3.63) is 70.5 Å². The average Bonchev–Trinajstić information content (AvgIpc) is 3.24. The Bertz CT molecular complexity index is 887. The second-order valence-corrected chi connectivity index (χ2v) is 7.55. The minimum Gasteiger partial charge on any atom is -0.293 e. The Hall–Kier alpha value is -2.38. The van der Waals surface area contributed by atoms with E-state index in [9.17, 15) is 9.59 Å². The molecule has 1 aromatic carbocycles. The molecule has 0 saturated heterocycles. The molecule has 0 atom stereocenters. The van der Waals surface area contributed by atoms with Gasteiger partial charge >= 0.3 is 0 Å². The summed E-state index contributed by atoms with van der Waals surface area (Å²) < 4.78 is 2.54. The van der Waals surface area contributed by atoms with E-state index in [0.717, 1.165) is 15.7 Å². The van der Waals surface area contributed by atoms with E-state index in [2.05, 4.69) is 10.4 Å². The SMILES string of the molecule is Cc1cc(C(=O)CSc2nccs2)c(C)n1NC(=O)c1ccccc1. The molecule has 0 spiro atoms. The summed E-state index contributed by atoms with van der Waals surface area (Å²) in [4.78, 5) is 29.0. The summed E-state index contributed by atoms with van der Waals surface area (Å²) in [5, 5.41) is 1.89. The lowest BCUT2D eigenvalue weighted by Gasteiger charge is -2.11. The maximum absolute atomic E-state index is 12.5. The second-order valence-electron chi connectivity index (χ2n) is 5.44. The molecule has 0 aliphatic heterocycles. The van der Waals surface area contributed by atoms with Crippen LogP contribution in [0.4, 0.5) is 0 Å². The minimum atomic E-state index is -0.210. The summed E-state index contributed by atoms with van der Waals surface area (Å²) in [6.07, 6.45) is 1.72. The van der Waals surface area contributed by atoms with Gasteiger partial charge in [0.2, 0.25) is 0 Å². The Morgan fingerprint density at radius 3 is 2.68 bits per heavy atom. The summed E-state index contributed by atoms with van der Waals surface area (Å²) in [5.41, 5.74) is 5.58. The number of rotatable bonds is 6. The monoisotopic (exact) mass is 371 g/mol. The van der Waals surface area contributed by atoms with Gasteiger partial charge in [-0.3, -0.25) is 19.7 Å². The van der Waals surface area contributed by atoms with Gasteiger partial charge in [-0.1, -0.05) is 30.0 Å². The molecule has 25 heavy (non-hydrogen) atoms. The molecule has 0 saturated carbocycles. The van der Waals surface area contributed by atoms with E-state index in [1.807, 2.05) is 43.5 Å². The Balaban J connectivity index is 1.74. The van der Waals surface area contributed by atoms with Crippen LogP contribution in [-0.4, -0.2) is 27.1 Å². The quantitative estimate of drug-likeness (QED) is 0.527. The van der Waals surface area contributed by atoms with Crippen molar-refractivity contribution < 1.29 is 9.59 Å². The van der Waals surface area contributed by atoms with Crippen molar-refractivity contribution >= 4 is 34.8 Å². The zero-order valence-electron chi connectivity index (χ0n) is 13.9. The van der Waals surface area contributed by atoms with Gasteiger partial charge in [-0.25, -0.2) is 4.98 Å². The molecule has 1 N–H and O–H groups in total. The number of hydrogen-bond acceptors (Lipinski definition) is 5. The van der Waals surface area contributed by atoms with Crippen LogP contribution in [0, 0.1) is 13.8 Å². The molecule has 3 rings (SSSR count). The van der Waals surface area contributed by atoms with Gasteiger partial charge in [0.15, 0.2) is 5.78 Å². The molecular formula is C18H17N3O2S2. The summed E-state index contributed by atoms with van der Waals surface area (Å²) in [6.45, 7) is 3.70. The van der Waals surface area contributed by atoms with Crippen LogP contribution < -0.4 is 5.43 Å². The lowest BCUT2D eigenvalue weighted by molar-refractivity contribution is 0.0999. The number of amides is 1. The van der Waals surface area contributed by atoms with Crippen LogP contribution in [0.2, 0.25) is 0 Å². The highest BCUT2D eigenvalue weighted by molar-refractivity contribution is 8.01. The molecule has 0 bridgehead atoms. The van der Waals surface area contributed by atoms with Crippen LogP contribution in [0.15, 0.2) is 52.3 Å². The Kier molecular flexibility index (Phi) is 5.35. The molecule has 0 aliphatic carbocycles. The number of benzene rings is 1. The van der Waals surface area contributed by atoms with Gasteiger partial charge in [-0.2, -0.15) is 0 Å². The molecule has 7 heteroatoms. The first kappa shape index (κ1) is 17.4. The first-order valence-electron chi connectivity index (χ1n) is 7.67. The third-order valence-electron chi connectivity index (χ3n) is 3.72. The fourth-order valence-electron chi connectivity index (χ4n) is 2.46. The number of thiazole rings is 1. The highest BCUT2D eigenvalue weighted by Crippen LogP contribution is 2.23. The summed E-state index contributed by atoms with van der Waals surface area (Å²) >= 11 is 2.94. The number of carbonyl (C=O) groups is 2. The minimum absolute atomic E-state index is 0.0218. The largest absolute Gasteiger partial charge is 0.293 e. The number of aromatic nitrogens is 2. The highest BCUT2D eigenvalue weighted by atomic mass is 32.2. The van der Waals surface area contributed by atoms with Crippen molar-refractivity contribution in [3.63, 3.8) is 0 Å². The van der Waals surface area contributed by atoms with Gasteiger partial charge in [-0.15, -0.1) is 11.3 Å². The third-order valence-corrected chi connectivity index (χ3v) is 5.68. The van der Waals surface area contributed by atoms with E-state index >= 15 is 0 Å². The smallest absolute Gasteiger partial charge is 0.270 e. The van der Waals surface area contributed by atoms with E-state index in [-0.39, 0.29) is 11.7 Å². The summed E-state index contributed by atoms with van der Waals surface area (Å²) in [5.74, 6) is 0.136. The third kappa shape index (κ3) is 4.00. The van der Waals surface area contributed by atoms with Crippen LogP contribution in [0.25, 0.3) is 0 Å². The number of nitrogens with one attached hydrogen (secondary N) is 1. The van der Waals surface area contributed by atoms with Gasteiger partial charge in [0.25, 0.3) is 5.91 Å². The topological polar surface area (TPSA) is 64.0 Å². The zero-order valence-corrected chi connectivity index (χ0v) is 15.5. The molecular weight excluding hydrogens is 354 g/mol. The predicted octanol–water partition coefficient (Wildman–Crippen LogP) is 3.92. The van der Waals surface area contributed by atoms with Gasteiger partial charge < -0.3 is 0 Å². The molecule has 0 radical (unpaired) electrons. The van der Waals surface area contributed by atoms with Crippen LogP contribution >= 0.6 is 23.1 Å². The lowest BCUT2D eigenvalue weighted by Crippen LogP contribution is -2.25. The lowest BCUT2D eigenvalue weighted by atomic mass is 10.2. The van der Waals surface area contributed by atoms with E-state index < -0.39 is 0 Å². The summed E-state index contributed by atoms with van der Waals surface area (Å²) in [6, 6.07) is 10.8. The van der Waals surface area contributed by atoms with E-state index in [1.165, 1.54) is 23.1 Å². The van der Waals surface area contributed by atoms with E-state index in [0.29, 0.717) is 16.9 Å². The van der Waals surface area contributed by atoms with Gasteiger partial charge in [-0.05, 0) is 32.0 Å². The maximum atomic E-state index is 12.5. The fourth-order valence-corrected chi connectivity index (χ4v) is 3.98. The van der Waals surface area contributed by atoms with Gasteiger partial charge in [0.1, 0.15) is 4.34 Å². The van der Waals surface area contributed by atoms with Crippen LogP contribution in [0.5, 0.6) is 0 Å². The number of ketones is 1. The van der Waals surface area contributed by atoms with Crippen LogP contribution in [0.3, 0.4) is 0 Å². The maximum Gasteiger partial charge on any atom is 0.270 e. The number of aryl methyl sites for hydroxylation is 1. The van der Waals surface area contributed by atoms with Crippen LogP contribution in [0.1, 0.15) is 32.1 Å². The van der Waals surface area contributed by atoms with Crippen molar-refractivity contribution in [1.29, 1.82) is 0 Å². The summed E-state index contributed by atoms with van der Waals surface area (Å²) in [7, 11) is 0. The second kappa shape index (κ2) is 7.67. The Morgan fingerprint density at radius 1 is 1.24 bits per heavy atom.